The van der Waals surface area contributed by atoms with Gasteiger partial charge in [-0.05, 0) is 31.0 Å². The summed E-state index contributed by atoms with van der Waals surface area (Å²) in [5.74, 6) is 0.874. The van der Waals surface area contributed by atoms with Crippen LogP contribution in [0.25, 0.3) is 0 Å². The number of rotatable bonds is 5. The first-order chi connectivity index (χ1) is 11.7. The summed E-state index contributed by atoms with van der Waals surface area (Å²) in [6.07, 6.45) is 2.66. The molecular formula is C19H25Cl2N3O2. The maximum absolute atomic E-state index is 12.4. The van der Waals surface area contributed by atoms with Crippen LogP contribution in [-0.4, -0.2) is 31.6 Å². The first-order valence-electron chi connectivity index (χ1n) is 8.62. The predicted molar refractivity (Wildman–Crippen MR) is 108 cm³/mol. The quantitative estimate of drug-likeness (QED) is 0.813. The Bertz CT molecular complexity index is 746. The van der Waals surface area contributed by atoms with E-state index in [1.165, 1.54) is 11.3 Å². The molecule has 26 heavy (non-hydrogen) atoms. The highest BCUT2D eigenvalue weighted by Gasteiger charge is 2.28. The van der Waals surface area contributed by atoms with Gasteiger partial charge in [-0.2, -0.15) is 0 Å². The zero-order chi connectivity index (χ0) is 16.5. The van der Waals surface area contributed by atoms with Gasteiger partial charge in [0.15, 0.2) is 5.76 Å². The average molecular weight is 398 g/mol. The van der Waals surface area contributed by atoms with Gasteiger partial charge in [0.1, 0.15) is 0 Å². The van der Waals surface area contributed by atoms with Crippen molar-refractivity contribution in [2.45, 2.75) is 25.9 Å². The number of carbonyl (C=O) groups is 1. The van der Waals surface area contributed by atoms with Gasteiger partial charge in [0.05, 0.1) is 6.26 Å². The van der Waals surface area contributed by atoms with Gasteiger partial charge in [0.25, 0.3) is 5.91 Å². The van der Waals surface area contributed by atoms with Gasteiger partial charge in [-0.15, -0.1) is 24.8 Å². The highest BCUT2D eigenvalue weighted by atomic mass is 35.5. The highest BCUT2D eigenvalue weighted by molar-refractivity contribution is 5.93. The first-order valence-corrected chi connectivity index (χ1v) is 8.62. The number of fused-ring (bicyclic) bond motifs is 1. The summed E-state index contributed by atoms with van der Waals surface area (Å²) in [6, 6.07) is 10.8. The van der Waals surface area contributed by atoms with Gasteiger partial charge in [0.2, 0.25) is 0 Å². The van der Waals surface area contributed by atoms with Crippen molar-refractivity contribution in [1.29, 1.82) is 0 Å². The predicted octanol–water partition coefficient (Wildman–Crippen LogP) is 3.02. The third-order valence-corrected chi connectivity index (χ3v) is 5.06. The number of hydrogen-bond donors (Lipinski definition) is 2. The molecule has 142 valence electrons. The van der Waals surface area contributed by atoms with E-state index in [4.69, 9.17) is 4.42 Å². The van der Waals surface area contributed by atoms with Crippen LogP contribution in [0.15, 0.2) is 41.0 Å². The molecule has 0 saturated carbocycles. The number of benzene rings is 1. The van der Waals surface area contributed by atoms with E-state index in [0.717, 1.165) is 25.1 Å². The number of hydrogen-bond acceptors (Lipinski definition) is 4. The van der Waals surface area contributed by atoms with Crippen LogP contribution in [0.3, 0.4) is 0 Å². The number of furan rings is 1. The fraction of sp³-hybridized carbons (Fsp3) is 0.421. The van der Waals surface area contributed by atoms with E-state index in [0.29, 0.717) is 30.8 Å². The molecule has 2 aliphatic heterocycles. The fourth-order valence-corrected chi connectivity index (χ4v) is 3.52. The summed E-state index contributed by atoms with van der Waals surface area (Å²) in [4.78, 5) is 14.8. The second-order valence-electron chi connectivity index (χ2n) is 6.82. The molecule has 1 saturated heterocycles. The molecule has 5 nitrogen and oxygen atoms in total. The van der Waals surface area contributed by atoms with Crippen molar-refractivity contribution in [3.05, 3.63) is 53.5 Å². The van der Waals surface area contributed by atoms with Crippen LogP contribution in [0.5, 0.6) is 0 Å². The summed E-state index contributed by atoms with van der Waals surface area (Å²) < 4.78 is 5.49. The molecule has 1 amide bonds. The maximum atomic E-state index is 12.4. The molecule has 1 aromatic carbocycles. The minimum Gasteiger partial charge on any atom is -0.459 e. The molecule has 2 aromatic rings. The Morgan fingerprint density at radius 3 is 2.77 bits per heavy atom. The zero-order valence-corrected chi connectivity index (χ0v) is 16.4. The van der Waals surface area contributed by atoms with Crippen LogP contribution in [0, 0.1) is 5.92 Å². The van der Waals surface area contributed by atoms with E-state index in [9.17, 15) is 4.79 Å². The van der Waals surface area contributed by atoms with Crippen molar-refractivity contribution in [2.75, 3.05) is 24.5 Å². The SMILES string of the molecule is CC1Cc2ccccc2N1Cc1ccoc1C(=O)NCC1CNC1.Cl.Cl. The molecule has 0 spiro atoms. The Hall–Kier alpha value is -1.69. The molecule has 2 N–H and O–H groups in total. The largest absolute Gasteiger partial charge is 0.459 e. The third kappa shape index (κ3) is 4.00. The molecule has 3 heterocycles. The van der Waals surface area contributed by atoms with Crippen molar-refractivity contribution < 1.29 is 9.21 Å². The van der Waals surface area contributed by atoms with Crippen molar-refractivity contribution in [3.63, 3.8) is 0 Å². The molecule has 1 fully saturated rings. The topological polar surface area (TPSA) is 57.5 Å². The monoisotopic (exact) mass is 397 g/mol. The Kier molecular flexibility index (Phi) is 6.98. The molecular weight excluding hydrogens is 373 g/mol. The van der Waals surface area contributed by atoms with E-state index in [2.05, 4.69) is 46.7 Å². The standard InChI is InChI=1S/C19H23N3O2.2ClH/c1-13-8-15-4-2-3-5-17(15)22(13)12-16-6-7-24-18(16)19(23)21-11-14-9-20-10-14;;/h2-7,13-14,20H,8-12H2,1H3,(H,21,23);2*1H. The van der Waals surface area contributed by atoms with Crippen LogP contribution in [0.2, 0.25) is 0 Å². The van der Waals surface area contributed by atoms with Gasteiger partial charge < -0.3 is 20.0 Å². The Balaban J connectivity index is 0.00000121. The lowest BCUT2D eigenvalue weighted by Gasteiger charge is -2.27. The van der Waals surface area contributed by atoms with Crippen molar-refractivity contribution in [1.82, 2.24) is 10.6 Å². The molecule has 7 heteroatoms. The number of nitrogens with zero attached hydrogens (tertiary/aromatic N) is 1. The van der Waals surface area contributed by atoms with Crippen LogP contribution in [-0.2, 0) is 13.0 Å². The Labute approximate surface area is 166 Å². The molecule has 1 aromatic heterocycles. The lowest BCUT2D eigenvalue weighted by atomic mass is 10.0. The van der Waals surface area contributed by atoms with E-state index in [-0.39, 0.29) is 30.7 Å². The number of amides is 1. The number of para-hydroxylation sites is 1. The molecule has 0 bridgehead atoms. The van der Waals surface area contributed by atoms with Crippen molar-refractivity contribution in [3.8, 4) is 0 Å². The average Bonchev–Trinajstić information content (AvgIpc) is 3.11. The number of carbonyl (C=O) groups excluding carboxylic acids is 1. The van der Waals surface area contributed by atoms with Gasteiger partial charge in [-0.25, -0.2) is 0 Å². The third-order valence-electron chi connectivity index (χ3n) is 5.06. The van der Waals surface area contributed by atoms with Crippen LogP contribution >= 0.6 is 24.8 Å². The number of halogens is 2. The van der Waals surface area contributed by atoms with Gasteiger partial charge >= 0.3 is 0 Å². The number of anilines is 1. The van der Waals surface area contributed by atoms with Gasteiger partial charge in [0, 0.05) is 49.4 Å². The van der Waals surface area contributed by atoms with Crippen LogP contribution < -0.4 is 15.5 Å². The Morgan fingerprint density at radius 2 is 2.04 bits per heavy atom. The minimum atomic E-state index is -0.109. The van der Waals surface area contributed by atoms with Crippen LogP contribution in [0.1, 0.15) is 28.6 Å². The molecule has 2 aliphatic rings. The van der Waals surface area contributed by atoms with E-state index in [1.54, 1.807) is 6.26 Å². The fourth-order valence-electron chi connectivity index (χ4n) is 3.52. The molecule has 0 radical (unpaired) electrons. The van der Waals surface area contributed by atoms with E-state index >= 15 is 0 Å². The zero-order valence-electron chi connectivity index (χ0n) is 14.7. The maximum Gasteiger partial charge on any atom is 0.287 e. The normalized spacial score (nSPS) is 18.3. The molecule has 1 atom stereocenters. The first kappa shape index (κ1) is 20.6. The van der Waals surface area contributed by atoms with Crippen LogP contribution in [0.4, 0.5) is 5.69 Å². The molecule has 0 aliphatic carbocycles. The molecule has 1 unspecified atom stereocenters. The number of nitrogens with one attached hydrogen (secondary N) is 2. The summed E-state index contributed by atoms with van der Waals surface area (Å²) in [7, 11) is 0. The second kappa shape index (κ2) is 8.80. The highest BCUT2D eigenvalue weighted by Crippen LogP contribution is 2.33. The lowest BCUT2D eigenvalue weighted by Crippen LogP contribution is -2.48. The second-order valence-corrected chi connectivity index (χ2v) is 6.82. The summed E-state index contributed by atoms with van der Waals surface area (Å²) in [5.41, 5.74) is 3.58. The summed E-state index contributed by atoms with van der Waals surface area (Å²) in [5, 5.41) is 6.20. The molecule has 4 rings (SSSR count). The Morgan fingerprint density at radius 1 is 1.27 bits per heavy atom. The minimum absolute atomic E-state index is 0. The summed E-state index contributed by atoms with van der Waals surface area (Å²) >= 11 is 0. The van der Waals surface area contributed by atoms with E-state index in [1.807, 2.05) is 6.07 Å². The van der Waals surface area contributed by atoms with Crippen molar-refractivity contribution >= 4 is 36.4 Å². The van der Waals surface area contributed by atoms with Gasteiger partial charge in [-0.3, -0.25) is 4.79 Å². The smallest absolute Gasteiger partial charge is 0.287 e. The lowest BCUT2D eigenvalue weighted by molar-refractivity contribution is 0.0913. The van der Waals surface area contributed by atoms with Crippen molar-refractivity contribution in [2.24, 2.45) is 5.92 Å². The van der Waals surface area contributed by atoms with E-state index < -0.39 is 0 Å². The summed E-state index contributed by atoms with van der Waals surface area (Å²) in [6.45, 7) is 5.58. The van der Waals surface area contributed by atoms with Gasteiger partial charge in [-0.1, -0.05) is 18.2 Å².